The van der Waals surface area contributed by atoms with Gasteiger partial charge in [0.2, 0.25) is 5.91 Å². The van der Waals surface area contributed by atoms with Gasteiger partial charge in [0.15, 0.2) is 5.13 Å². The third-order valence-corrected chi connectivity index (χ3v) is 4.67. The normalized spacial score (nSPS) is 16.1. The monoisotopic (exact) mass is 337 g/mol. The second-order valence-electron chi connectivity index (χ2n) is 5.56. The lowest BCUT2D eigenvalue weighted by Crippen LogP contribution is -2.32. The number of ether oxygens (including phenoxy) is 1. The number of para-hydroxylation sites is 1. The van der Waals surface area contributed by atoms with Crippen LogP contribution in [-0.4, -0.2) is 22.5 Å². The number of benzene rings is 1. The molecule has 3 aromatic rings. The van der Waals surface area contributed by atoms with Crippen molar-refractivity contribution < 1.29 is 9.53 Å². The van der Waals surface area contributed by atoms with E-state index in [1.54, 1.807) is 6.20 Å². The van der Waals surface area contributed by atoms with Crippen molar-refractivity contribution in [2.45, 2.75) is 6.42 Å². The Labute approximate surface area is 143 Å². The Morgan fingerprint density at radius 1 is 1.17 bits per heavy atom. The summed E-state index contributed by atoms with van der Waals surface area (Å²) in [6.07, 6.45) is 2.41. The van der Waals surface area contributed by atoms with Gasteiger partial charge in [-0.2, -0.15) is 0 Å². The second kappa shape index (κ2) is 6.41. The van der Waals surface area contributed by atoms with Crippen LogP contribution in [0.5, 0.6) is 5.75 Å². The SMILES string of the molecule is O=C(Nc1nc(-c2ccccn2)cs1)C1COc2ccccc2C1. The molecule has 1 aliphatic rings. The van der Waals surface area contributed by atoms with Gasteiger partial charge >= 0.3 is 0 Å². The number of hydrogen-bond acceptors (Lipinski definition) is 5. The summed E-state index contributed by atoms with van der Waals surface area (Å²) in [5.41, 5.74) is 2.63. The van der Waals surface area contributed by atoms with Crippen molar-refractivity contribution in [2.75, 3.05) is 11.9 Å². The fraction of sp³-hybridized carbons (Fsp3) is 0.167. The average Bonchev–Trinajstić information content (AvgIpc) is 3.10. The number of hydrogen-bond donors (Lipinski definition) is 1. The average molecular weight is 337 g/mol. The fourth-order valence-electron chi connectivity index (χ4n) is 2.67. The van der Waals surface area contributed by atoms with Gasteiger partial charge in [0.25, 0.3) is 0 Å². The van der Waals surface area contributed by atoms with E-state index in [0.29, 0.717) is 18.2 Å². The van der Waals surface area contributed by atoms with Crippen LogP contribution >= 0.6 is 11.3 Å². The summed E-state index contributed by atoms with van der Waals surface area (Å²) < 4.78 is 5.68. The van der Waals surface area contributed by atoms with Gasteiger partial charge in [-0.25, -0.2) is 4.98 Å². The van der Waals surface area contributed by atoms with Gasteiger partial charge in [0.1, 0.15) is 18.1 Å². The van der Waals surface area contributed by atoms with E-state index in [9.17, 15) is 4.79 Å². The van der Waals surface area contributed by atoms with Gasteiger partial charge in [-0.15, -0.1) is 11.3 Å². The minimum Gasteiger partial charge on any atom is -0.492 e. The second-order valence-corrected chi connectivity index (χ2v) is 6.42. The molecule has 1 unspecified atom stereocenters. The van der Waals surface area contributed by atoms with E-state index < -0.39 is 0 Å². The summed E-state index contributed by atoms with van der Waals surface area (Å²) >= 11 is 1.40. The van der Waals surface area contributed by atoms with Crippen molar-refractivity contribution in [2.24, 2.45) is 5.92 Å². The number of amides is 1. The molecule has 1 aromatic carbocycles. The topological polar surface area (TPSA) is 64.1 Å². The summed E-state index contributed by atoms with van der Waals surface area (Å²) in [7, 11) is 0. The molecule has 0 fully saturated rings. The van der Waals surface area contributed by atoms with Crippen LogP contribution in [0, 0.1) is 5.92 Å². The summed E-state index contributed by atoms with van der Waals surface area (Å²) in [4.78, 5) is 21.2. The molecule has 6 heteroatoms. The van der Waals surface area contributed by atoms with Crippen LogP contribution in [0.15, 0.2) is 54.0 Å². The Kier molecular flexibility index (Phi) is 3.96. The first-order valence-electron chi connectivity index (χ1n) is 7.68. The van der Waals surface area contributed by atoms with Gasteiger partial charge < -0.3 is 10.1 Å². The quantitative estimate of drug-likeness (QED) is 0.796. The first-order valence-corrected chi connectivity index (χ1v) is 8.56. The van der Waals surface area contributed by atoms with Crippen LogP contribution in [0.1, 0.15) is 5.56 Å². The first kappa shape index (κ1) is 14.8. The largest absolute Gasteiger partial charge is 0.492 e. The zero-order valence-corrected chi connectivity index (χ0v) is 13.6. The Balaban J connectivity index is 1.45. The summed E-state index contributed by atoms with van der Waals surface area (Å²) in [5.74, 6) is 0.599. The minimum atomic E-state index is -0.206. The Morgan fingerprint density at radius 3 is 2.92 bits per heavy atom. The Hall–Kier alpha value is -2.73. The van der Waals surface area contributed by atoms with Crippen molar-refractivity contribution in [1.29, 1.82) is 0 Å². The van der Waals surface area contributed by atoms with Crippen LogP contribution in [0.2, 0.25) is 0 Å². The molecule has 0 saturated carbocycles. The summed E-state index contributed by atoms with van der Waals surface area (Å²) in [5, 5.41) is 5.37. The molecule has 1 atom stereocenters. The highest BCUT2D eigenvalue weighted by atomic mass is 32.1. The van der Waals surface area contributed by atoms with Crippen molar-refractivity contribution in [3.05, 3.63) is 59.6 Å². The molecule has 24 heavy (non-hydrogen) atoms. The number of thiazole rings is 1. The minimum absolute atomic E-state index is 0.0635. The molecule has 1 N–H and O–H groups in total. The summed E-state index contributed by atoms with van der Waals surface area (Å²) in [6.45, 7) is 0.390. The lowest BCUT2D eigenvalue weighted by atomic mass is 9.96. The molecular formula is C18H15N3O2S. The Bertz CT molecular complexity index is 863. The van der Waals surface area contributed by atoms with Gasteiger partial charge in [-0.1, -0.05) is 24.3 Å². The molecule has 2 aromatic heterocycles. The van der Waals surface area contributed by atoms with Gasteiger partial charge in [-0.05, 0) is 30.2 Å². The molecule has 0 spiro atoms. The highest BCUT2D eigenvalue weighted by molar-refractivity contribution is 7.14. The third-order valence-electron chi connectivity index (χ3n) is 3.91. The fourth-order valence-corrected chi connectivity index (χ4v) is 3.37. The number of pyridine rings is 1. The maximum absolute atomic E-state index is 12.5. The van der Waals surface area contributed by atoms with E-state index in [1.807, 2.05) is 47.8 Å². The third kappa shape index (κ3) is 3.00. The zero-order chi connectivity index (χ0) is 16.4. The van der Waals surface area contributed by atoms with E-state index >= 15 is 0 Å². The van der Waals surface area contributed by atoms with Crippen molar-refractivity contribution in [1.82, 2.24) is 9.97 Å². The number of carbonyl (C=O) groups excluding carboxylic acids is 1. The summed E-state index contributed by atoms with van der Waals surface area (Å²) in [6, 6.07) is 13.5. The number of fused-ring (bicyclic) bond motifs is 1. The number of rotatable bonds is 3. The van der Waals surface area contributed by atoms with E-state index in [2.05, 4.69) is 15.3 Å². The number of nitrogens with one attached hydrogen (secondary N) is 1. The van der Waals surface area contributed by atoms with Crippen LogP contribution in [-0.2, 0) is 11.2 Å². The van der Waals surface area contributed by atoms with Crippen LogP contribution in [0.3, 0.4) is 0 Å². The van der Waals surface area contributed by atoms with Gasteiger partial charge in [0.05, 0.1) is 11.6 Å². The lowest BCUT2D eigenvalue weighted by molar-refractivity contribution is -0.121. The van der Waals surface area contributed by atoms with E-state index in [1.165, 1.54) is 11.3 Å². The lowest BCUT2D eigenvalue weighted by Gasteiger charge is -2.24. The molecule has 120 valence electrons. The number of nitrogens with zero attached hydrogens (tertiary/aromatic N) is 2. The number of anilines is 1. The first-order chi connectivity index (χ1) is 11.8. The predicted octanol–water partition coefficient (Wildman–Crippen LogP) is 3.39. The molecule has 5 nitrogen and oxygen atoms in total. The predicted molar refractivity (Wildman–Crippen MR) is 93.1 cm³/mol. The molecule has 1 aliphatic heterocycles. The molecule has 3 heterocycles. The van der Waals surface area contributed by atoms with Crippen LogP contribution in [0.4, 0.5) is 5.13 Å². The van der Waals surface area contributed by atoms with E-state index in [0.717, 1.165) is 22.7 Å². The smallest absolute Gasteiger partial charge is 0.233 e. The molecule has 1 amide bonds. The van der Waals surface area contributed by atoms with Crippen molar-refractivity contribution in [3.63, 3.8) is 0 Å². The van der Waals surface area contributed by atoms with Gasteiger partial charge in [0, 0.05) is 11.6 Å². The Morgan fingerprint density at radius 2 is 2.04 bits per heavy atom. The standard InChI is InChI=1S/C18H15N3O2S/c22-17(13-9-12-5-1-2-7-16(12)23-10-13)21-18-20-15(11-24-18)14-6-3-4-8-19-14/h1-8,11,13H,9-10H2,(H,20,21,22). The zero-order valence-electron chi connectivity index (χ0n) is 12.8. The highest BCUT2D eigenvalue weighted by Gasteiger charge is 2.26. The number of carbonyl (C=O) groups is 1. The van der Waals surface area contributed by atoms with E-state index in [-0.39, 0.29) is 11.8 Å². The van der Waals surface area contributed by atoms with Crippen molar-refractivity contribution in [3.8, 4) is 17.1 Å². The molecule has 0 radical (unpaired) electrons. The molecular weight excluding hydrogens is 322 g/mol. The number of aromatic nitrogens is 2. The maximum atomic E-state index is 12.5. The molecule has 0 bridgehead atoms. The van der Waals surface area contributed by atoms with Crippen LogP contribution in [0.25, 0.3) is 11.4 Å². The highest BCUT2D eigenvalue weighted by Crippen LogP contribution is 2.28. The molecule has 0 saturated heterocycles. The van der Waals surface area contributed by atoms with Crippen LogP contribution < -0.4 is 10.1 Å². The van der Waals surface area contributed by atoms with Gasteiger partial charge in [-0.3, -0.25) is 9.78 Å². The molecule has 0 aliphatic carbocycles. The van der Waals surface area contributed by atoms with Crippen molar-refractivity contribution >= 4 is 22.4 Å². The van der Waals surface area contributed by atoms with E-state index in [4.69, 9.17) is 4.74 Å². The molecule has 4 rings (SSSR count). The maximum Gasteiger partial charge on any atom is 0.233 e.